The maximum absolute atomic E-state index is 3.99. The molecule has 1 aromatic rings. The highest BCUT2D eigenvalue weighted by Crippen LogP contribution is 1.92. The van der Waals surface area contributed by atoms with E-state index in [1.807, 2.05) is 18.7 Å². The minimum atomic E-state index is 1.07. The van der Waals surface area contributed by atoms with E-state index in [2.05, 4.69) is 28.4 Å². The lowest BCUT2D eigenvalue weighted by Crippen LogP contribution is -2.19. The van der Waals surface area contributed by atoms with Crippen LogP contribution in [0.4, 0.5) is 0 Å². The molecule has 0 amide bonds. The van der Waals surface area contributed by atoms with E-state index in [0.29, 0.717) is 0 Å². The molecule has 1 aromatic heterocycles. The van der Waals surface area contributed by atoms with Crippen LogP contribution in [0.1, 0.15) is 13.3 Å². The highest BCUT2D eigenvalue weighted by molar-refractivity contribution is 4.73. The van der Waals surface area contributed by atoms with E-state index in [9.17, 15) is 0 Å². The maximum atomic E-state index is 3.99. The largest absolute Gasteiger partial charge is 0.337 e. The van der Waals surface area contributed by atoms with Gasteiger partial charge in [-0.2, -0.15) is 0 Å². The zero-order valence-corrected chi connectivity index (χ0v) is 7.90. The fourth-order valence-electron chi connectivity index (χ4n) is 1.10. The van der Waals surface area contributed by atoms with Crippen LogP contribution in [0.5, 0.6) is 0 Å². The summed E-state index contributed by atoms with van der Waals surface area (Å²) in [5, 5.41) is 0. The second-order valence-electron chi connectivity index (χ2n) is 3.05. The molecule has 0 fully saturated rings. The number of rotatable bonds is 5. The Morgan fingerprint density at radius 1 is 1.50 bits per heavy atom. The van der Waals surface area contributed by atoms with E-state index in [4.69, 9.17) is 0 Å². The lowest BCUT2D eigenvalue weighted by molar-refractivity contribution is 0.338. The molecule has 3 heteroatoms. The third-order valence-corrected chi connectivity index (χ3v) is 2.06. The van der Waals surface area contributed by atoms with Crippen LogP contribution in [0.2, 0.25) is 0 Å². The van der Waals surface area contributed by atoms with Crippen molar-refractivity contribution in [2.45, 2.75) is 19.9 Å². The molecule has 3 nitrogen and oxygen atoms in total. The van der Waals surface area contributed by atoms with Crippen LogP contribution in [0.15, 0.2) is 18.7 Å². The van der Waals surface area contributed by atoms with Crippen molar-refractivity contribution in [3.05, 3.63) is 18.7 Å². The Bertz CT molecular complexity index is 194. The van der Waals surface area contributed by atoms with Gasteiger partial charge in [-0.15, -0.1) is 0 Å². The quantitative estimate of drug-likeness (QED) is 0.657. The van der Waals surface area contributed by atoms with Crippen LogP contribution < -0.4 is 0 Å². The Balaban J connectivity index is 2.11. The summed E-state index contributed by atoms with van der Waals surface area (Å²) in [5.74, 6) is 0. The zero-order valence-electron chi connectivity index (χ0n) is 7.90. The third-order valence-electron chi connectivity index (χ3n) is 2.06. The van der Waals surface area contributed by atoms with Gasteiger partial charge in [-0.3, -0.25) is 0 Å². The van der Waals surface area contributed by atoms with Gasteiger partial charge in [0.2, 0.25) is 0 Å². The van der Waals surface area contributed by atoms with Crippen LogP contribution >= 0.6 is 0 Å². The lowest BCUT2D eigenvalue weighted by Gasteiger charge is -2.13. The first-order chi connectivity index (χ1) is 5.83. The van der Waals surface area contributed by atoms with Gasteiger partial charge in [0.05, 0.1) is 6.33 Å². The summed E-state index contributed by atoms with van der Waals surface area (Å²) >= 11 is 0. The number of imidazole rings is 1. The fraction of sp³-hybridized carbons (Fsp3) is 0.667. The zero-order chi connectivity index (χ0) is 8.81. The standard InChI is InChI=1S/C9H17N3/c1-3-11(2)6-4-7-12-8-5-10-9-12/h5,8-9H,3-4,6-7H2,1-2H3. The molecule has 0 saturated carbocycles. The molecule has 0 radical (unpaired) electrons. The predicted octanol–water partition coefficient (Wildman–Crippen LogP) is 1.22. The summed E-state index contributed by atoms with van der Waals surface area (Å²) in [5.41, 5.74) is 0. The lowest BCUT2D eigenvalue weighted by atomic mass is 10.4. The van der Waals surface area contributed by atoms with E-state index < -0.39 is 0 Å². The summed E-state index contributed by atoms with van der Waals surface area (Å²) in [6.45, 7) is 5.54. The van der Waals surface area contributed by atoms with Crippen LogP contribution in [-0.4, -0.2) is 34.6 Å². The number of hydrogen-bond acceptors (Lipinski definition) is 2. The molecule has 0 spiro atoms. The molecule has 0 aromatic carbocycles. The van der Waals surface area contributed by atoms with Crippen molar-refractivity contribution >= 4 is 0 Å². The Morgan fingerprint density at radius 2 is 2.33 bits per heavy atom. The molecule has 0 aliphatic rings. The van der Waals surface area contributed by atoms with Gasteiger partial charge in [0, 0.05) is 18.9 Å². The Kier molecular flexibility index (Phi) is 3.80. The average Bonchev–Trinajstić information content (AvgIpc) is 2.57. The molecule has 1 rings (SSSR count). The summed E-state index contributed by atoms with van der Waals surface area (Å²) < 4.78 is 2.11. The van der Waals surface area contributed by atoms with Crippen molar-refractivity contribution in [2.75, 3.05) is 20.1 Å². The van der Waals surface area contributed by atoms with Crippen LogP contribution in [0, 0.1) is 0 Å². The van der Waals surface area contributed by atoms with E-state index in [-0.39, 0.29) is 0 Å². The second kappa shape index (κ2) is 4.93. The van der Waals surface area contributed by atoms with E-state index in [0.717, 1.165) is 19.6 Å². The molecular weight excluding hydrogens is 150 g/mol. The third kappa shape index (κ3) is 3.05. The first kappa shape index (κ1) is 9.26. The van der Waals surface area contributed by atoms with Crippen molar-refractivity contribution in [3.8, 4) is 0 Å². The van der Waals surface area contributed by atoms with Gasteiger partial charge in [0.25, 0.3) is 0 Å². The van der Waals surface area contributed by atoms with Crippen LogP contribution in [0.25, 0.3) is 0 Å². The molecule has 0 saturated heterocycles. The van der Waals surface area contributed by atoms with Gasteiger partial charge >= 0.3 is 0 Å². The summed E-state index contributed by atoms with van der Waals surface area (Å²) in [7, 11) is 2.15. The van der Waals surface area contributed by atoms with Crippen LogP contribution in [0.3, 0.4) is 0 Å². The SMILES string of the molecule is CCN(C)CCCn1ccnc1. The molecule has 68 valence electrons. The van der Waals surface area contributed by atoms with Crippen LogP contribution in [-0.2, 0) is 6.54 Å². The van der Waals surface area contributed by atoms with Crippen molar-refractivity contribution in [2.24, 2.45) is 0 Å². The number of aromatic nitrogens is 2. The molecule has 0 bridgehead atoms. The van der Waals surface area contributed by atoms with Gasteiger partial charge in [0.1, 0.15) is 0 Å². The van der Waals surface area contributed by atoms with Gasteiger partial charge in [-0.1, -0.05) is 6.92 Å². The van der Waals surface area contributed by atoms with E-state index in [1.54, 1.807) is 0 Å². The minimum Gasteiger partial charge on any atom is -0.337 e. The topological polar surface area (TPSA) is 21.1 Å². The van der Waals surface area contributed by atoms with Gasteiger partial charge in [0.15, 0.2) is 0 Å². The Morgan fingerprint density at radius 3 is 2.92 bits per heavy atom. The predicted molar refractivity (Wildman–Crippen MR) is 50.0 cm³/mol. The Hall–Kier alpha value is -0.830. The summed E-state index contributed by atoms with van der Waals surface area (Å²) in [4.78, 5) is 6.31. The average molecular weight is 167 g/mol. The minimum absolute atomic E-state index is 1.07. The molecule has 1 heterocycles. The van der Waals surface area contributed by atoms with Crippen molar-refractivity contribution in [3.63, 3.8) is 0 Å². The molecule has 0 N–H and O–H groups in total. The fourth-order valence-corrected chi connectivity index (χ4v) is 1.10. The first-order valence-electron chi connectivity index (χ1n) is 4.47. The normalized spacial score (nSPS) is 10.9. The molecule has 0 unspecified atom stereocenters. The first-order valence-corrected chi connectivity index (χ1v) is 4.47. The molecule has 12 heavy (non-hydrogen) atoms. The van der Waals surface area contributed by atoms with E-state index >= 15 is 0 Å². The van der Waals surface area contributed by atoms with Gasteiger partial charge < -0.3 is 9.47 Å². The summed E-state index contributed by atoms with van der Waals surface area (Å²) in [6.07, 6.45) is 6.89. The molecule has 0 aliphatic carbocycles. The van der Waals surface area contributed by atoms with Crippen molar-refractivity contribution < 1.29 is 0 Å². The number of hydrogen-bond donors (Lipinski definition) is 0. The molecule has 0 atom stereocenters. The maximum Gasteiger partial charge on any atom is 0.0945 e. The smallest absolute Gasteiger partial charge is 0.0945 e. The highest BCUT2D eigenvalue weighted by Gasteiger charge is 1.94. The molecular formula is C9H17N3. The Labute approximate surface area is 74.0 Å². The van der Waals surface area contributed by atoms with Crippen molar-refractivity contribution in [1.82, 2.24) is 14.5 Å². The van der Waals surface area contributed by atoms with Gasteiger partial charge in [-0.05, 0) is 26.6 Å². The molecule has 0 aliphatic heterocycles. The monoisotopic (exact) mass is 167 g/mol. The van der Waals surface area contributed by atoms with E-state index in [1.165, 1.54) is 6.42 Å². The highest BCUT2D eigenvalue weighted by atomic mass is 15.1. The van der Waals surface area contributed by atoms with Gasteiger partial charge in [-0.25, -0.2) is 4.98 Å². The van der Waals surface area contributed by atoms with Crippen molar-refractivity contribution in [1.29, 1.82) is 0 Å². The second-order valence-corrected chi connectivity index (χ2v) is 3.05. The summed E-state index contributed by atoms with van der Waals surface area (Å²) in [6, 6.07) is 0. The number of aryl methyl sites for hydroxylation is 1. The number of nitrogens with zero attached hydrogens (tertiary/aromatic N) is 3.